The fourth-order valence-electron chi connectivity index (χ4n) is 2.83. The van der Waals surface area contributed by atoms with Gasteiger partial charge < -0.3 is 14.6 Å². The molecule has 1 aliphatic rings. The number of hydrogen-bond acceptors (Lipinski definition) is 6. The summed E-state index contributed by atoms with van der Waals surface area (Å²) in [7, 11) is 0. The van der Waals surface area contributed by atoms with E-state index in [0.717, 1.165) is 24.3 Å². The predicted molar refractivity (Wildman–Crippen MR) is 82.5 cm³/mol. The average Bonchev–Trinajstić information content (AvgIpc) is 3.06. The summed E-state index contributed by atoms with van der Waals surface area (Å²) in [4.78, 5) is 15.6. The monoisotopic (exact) mass is 289 g/mol. The predicted octanol–water partition coefficient (Wildman–Crippen LogP) is 2.52. The maximum Gasteiger partial charge on any atom is 0.252 e. The van der Waals surface area contributed by atoms with Crippen molar-refractivity contribution in [3.8, 4) is 0 Å². The van der Waals surface area contributed by atoms with Gasteiger partial charge in [0.05, 0.1) is 0 Å². The van der Waals surface area contributed by atoms with Crippen LogP contribution in [0.15, 0.2) is 4.42 Å². The van der Waals surface area contributed by atoms with Crippen molar-refractivity contribution < 1.29 is 4.42 Å². The number of fused-ring (bicyclic) bond motifs is 1. The molecule has 6 heteroatoms. The Morgan fingerprint density at radius 3 is 2.71 bits per heavy atom. The Bertz CT molecular complexity index is 603. The lowest BCUT2D eigenvalue weighted by Gasteiger charge is -2.14. The minimum atomic E-state index is 0.569. The van der Waals surface area contributed by atoms with Crippen LogP contribution in [0.3, 0.4) is 0 Å². The van der Waals surface area contributed by atoms with Gasteiger partial charge in [-0.05, 0) is 52.2 Å². The fourth-order valence-corrected chi connectivity index (χ4v) is 2.83. The van der Waals surface area contributed by atoms with Crippen molar-refractivity contribution in [1.82, 2.24) is 19.9 Å². The van der Waals surface area contributed by atoms with Crippen molar-refractivity contribution in [3.05, 3.63) is 11.7 Å². The third-order valence-corrected chi connectivity index (χ3v) is 3.87. The number of nitrogens with one attached hydrogen (secondary N) is 1. The Kier molecular flexibility index (Phi) is 4.34. The summed E-state index contributed by atoms with van der Waals surface area (Å²) in [5, 5.41) is 3.38. The third kappa shape index (κ3) is 3.50. The van der Waals surface area contributed by atoms with Gasteiger partial charge in [0.2, 0.25) is 0 Å². The summed E-state index contributed by atoms with van der Waals surface area (Å²) in [6, 6.07) is 0. The lowest BCUT2D eigenvalue weighted by Crippen LogP contribution is -2.21. The SMILES string of the molecule is Cc1nc(NCCCCN2CCCC2)c2nc(C)oc2n1. The van der Waals surface area contributed by atoms with Crippen LogP contribution in [0.1, 0.15) is 37.4 Å². The summed E-state index contributed by atoms with van der Waals surface area (Å²) in [6.45, 7) is 8.37. The van der Waals surface area contributed by atoms with Gasteiger partial charge in [-0.25, -0.2) is 9.97 Å². The van der Waals surface area contributed by atoms with E-state index in [0.29, 0.717) is 17.4 Å². The first-order chi connectivity index (χ1) is 10.2. The van der Waals surface area contributed by atoms with Gasteiger partial charge in [0.25, 0.3) is 5.71 Å². The molecule has 21 heavy (non-hydrogen) atoms. The third-order valence-electron chi connectivity index (χ3n) is 3.87. The number of aryl methyl sites for hydroxylation is 2. The molecule has 114 valence electrons. The van der Waals surface area contributed by atoms with Crippen LogP contribution in [-0.4, -0.2) is 46.0 Å². The first-order valence-electron chi connectivity index (χ1n) is 7.80. The molecule has 0 aliphatic carbocycles. The van der Waals surface area contributed by atoms with E-state index in [1.165, 1.54) is 38.9 Å². The van der Waals surface area contributed by atoms with E-state index in [4.69, 9.17) is 4.42 Å². The van der Waals surface area contributed by atoms with Crippen LogP contribution in [0.5, 0.6) is 0 Å². The lowest BCUT2D eigenvalue weighted by molar-refractivity contribution is 0.331. The first-order valence-corrected chi connectivity index (χ1v) is 7.80. The van der Waals surface area contributed by atoms with E-state index in [2.05, 4.69) is 25.2 Å². The highest BCUT2D eigenvalue weighted by molar-refractivity contribution is 5.81. The molecule has 2 aromatic heterocycles. The normalized spacial score (nSPS) is 15.9. The van der Waals surface area contributed by atoms with Crippen molar-refractivity contribution in [1.29, 1.82) is 0 Å². The summed E-state index contributed by atoms with van der Waals surface area (Å²) in [5.41, 5.74) is 1.30. The Balaban J connectivity index is 1.52. The van der Waals surface area contributed by atoms with Gasteiger partial charge in [-0.15, -0.1) is 0 Å². The summed E-state index contributed by atoms with van der Waals surface area (Å²) < 4.78 is 5.48. The molecule has 2 aromatic rings. The molecule has 6 nitrogen and oxygen atoms in total. The Morgan fingerprint density at radius 1 is 1.10 bits per heavy atom. The van der Waals surface area contributed by atoms with Crippen LogP contribution >= 0.6 is 0 Å². The molecule has 0 bridgehead atoms. The molecule has 1 aliphatic heterocycles. The largest absolute Gasteiger partial charge is 0.422 e. The molecule has 0 aromatic carbocycles. The van der Waals surface area contributed by atoms with Crippen molar-refractivity contribution in [3.63, 3.8) is 0 Å². The van der Waals surface area contributed by atoms with Gasteiger partial charge in [0.1, 0.15) is 5.82 Å². The minimum absolute atomic E-state index is 0.569. The van der Waals surface area contributed by atoms with Gasteiger partial charge in [-0.3, -0.25) is 0 Å². The molecule has 0 radical (unpaired) electrons. The quantitative estimate of drug-likeness (QED) is 0.824. The number of unbranched alkanes of at least 4 members (excludes halogenated alkanes) is 1. The summed E-state index contributed by atoms with van der Waals surface area (Å²) in [6.07, 6.45) is 5.08. The summed E-state index contributed by atoms with van der Waals surface area (Å²) >= 11 is 0. The second-order valence-corrected chi connectivity index (χ2v) is 5.69. The maximum absolute atomic E-state index is 5.48. The number of anilines is 1. The van der Waals surface area contributed by atoms with Crippen LogP contribution in [0, 0.1) is 13.8 Å². The number of likely N-dealkylation sites (tertiary alicyclic amines) is 1. The van der Waals surface area contributed by atoms with Crippen molar-refractivity contribution in [2.24, 2.45) is 0 Å². The van der Waals surface area contributed by atoms with Crippen LogP contribution in [-0.2, 0) is 0 Å². The molecule has 1 saturated heterocycles. The zero-order chi connectivity index (χ0) is 14.7. The van der Waals surface area contributed by atoms with Gasteiger partial charge in [0, 0.05) is 13.5 Å². The summed E-state index contributed by atoms with van der Waals surface area (Å²) in [5.74, 6) is 2.12. The molecule has 3 rings (SSSR count). The number of hydrogen-bond donors (Lipinski definition) is 1. The highest BCUT2D eigenvalue weighted by atomic mass is 16.4. The van der Waals surface area contributed by atoms with E-state index in [9.17, 15) is 0 Å². The average molecular weight is 289 g/mol. The molecule has 0 spiro atoms. The Hall–Kier alpha value is -1.69. The minimum Gasteiger partial charge on any atom is -0.422 e. The van der Waals surface area contributed by atoms with Gasteiger partial charge in [-0.1, -0.05) is 0 Å². The Morgan fingerprint density at radius 2 is 1.90 bits per heavy atom. The number of rotatable bonds is 6. The number of oxazole rings is 1. The van der Waals surface area contributed by atoms with Gasteiger partial charge in [0.15, 0.2) is 17.2 Å². The molecular weight excluding hydrogens is 266 g/mol. The molecule has 0 unspecified atom stereocenters. The molecule has 0 atom stereocenters. The zero-order valence-corrected chi connectivity index (χ0v) is 12.9. The topological polar surface area (TPSA) is 67.1 Å². The van der Waals surface area contributed by atoms with Crippen molar-refractivity contribution in [2.75, 3.05) is 31.5 Å². The van der Waals surface area contributed by atoms with Crippen LogP contribution in [0.25, 0.3) is 11.2 Å². The highest BCUT2D eigenvalue weighted by Gasteiger charge is 2.12. The van der Waals surface area contributed by atoms with Crippen LogP contribution < -0.4 is 5.32 Å². The molecule has 1 N–H and O–H groups in total. The number of aromatic nitrogens is 3. The van der Waals surface area contributed by atoms with E-state index < -0.39 is 0 Å². The molecular formula is C15H23N5O. The maximum atomic E-state index is 5.48. The smallest absolute Gasteiger partial charge is 0.252 e. The van der Waals surface area contributed by atoms with Gasteiger partial charge >= 0.3 is 0 Å². The van der Waals surface area contributed by atoms with E-state index in [1.807, 2.05) is 13.8 Å². The highest BCUT2D eigenvalue weighted by Crippen LogP contribution is 2.20. The standard InChI is InChI=1S/C15H23N5O/c1-11-17-14(13-15(18-11)21-12(2)19-13)16-7-3-4-8-20-9-5-6-10-20/h3-10H2,1-2H3,(H,16,17,18). The number of nitrogens with zero attached hydrogens (tertiary/aromatic N) is 4. The second-order valence-electron chi connectivity index (χ2n) is 5.69. The Labute approximate surface area is 125 Å². The zero-order valence-electron chi connectivity index (χ0n) is 12.9. The molecule has 1 fully saturated rings. The van der Waals surface area contributed by atoms with Gasteiger partial charge in [-0.2, -0.15) is 4.98 Å². The molecule has 0 amide bonds. The fraction of sp³-hybridized carbons (Fsp3) is 0.667. The van der Waals surface area contributed by atoms with E-state index in [1.54, 1.807) is 0 Å². The van der Waals surface area contributed by atoms with Crippen molar-refractivity contribution >= 4 is 17.0 Å². The van der Waals surface area contributed by atoms with E-state index in [-0.39, 0.29) is 0 Å². The molecule has 0 saturated carbocycles. The van der Waals surface area contributed by atoms with E-state index >= 15 is 0 Å². The molecule has 3 heterocycles. The van der Waals surface area contributed by atoms with Crippen molar-refractivity contribution in [2.45, 2.75) is 39.5 Å². The second kappa shape index (κ2) is 6.39. The first kappa shape index (κ1) is 14.3. The van der Waals surface area contributed by atoms with Crippen LogP contribution in [0.4, 0.5) is 5.82 Å². The lowest BCUT2D eigenvalue weighted by atomic mass is 10.3. The van der Waals surface area contributed by atoms with Crippen LogP contribution in [0.2, 0.25) is 0 Å².